The van der Waals surface area contributed by atoms with Crippen molar-refractivity contribution in [2.24, 2.45) is 11.8 Å². The average molecular weight is 371 g/mol. The molecule has 1 fully saturated rings. The number of alkyl carbamates (subject to hydrolysis) is 1. The minimum absolute atomic E-state index is 0.279. The third-order valence-corrected chi connectivity index (χ3v) is 4.98. The summed E-state index contributed by atoms with van der Waals surface area (Å²) in [6.45, 7) is 1.54. The van der Waals surface area contributed by atoms with Gasteiger partial charge in [0.1, 0.15) is 11.6 Å². The summed E-state index contributed by atoms with van der Waals surface area (Å²) in [5, 5.41) is 2.78. The van der Waals surface area contributed by atoms with Crippen molar-refractivity contribution in [1.29, 1.82) is 0 Å². The third kappa shape index (κ3) is 6.59. The molecule has 0 bridgehead atoms. The predicted octanol–water partition coefficient (Wildman–Crippen LogP) is 4.94. The number of nitrogens with one attached hydrogen (secondary N) is 1. The summed E-state index contributed by atoms with van der Waals surface area (Å²) in [6, 6.07) is 16.0. The largest absolute Gasteiger partial charge is 0.493 e. The maximum Gasteiger partial charge on any atom is 0.407 e. The van der Waals surface area contributed by atoms with Crippen molar-refractivity contribution in [3.8, 4) is 5.75 Å². The summed E-state index contributed by atoms with van der Waals surface area (Å²) in [5.41, 5.74) is 1.05. The first-order valence-electron chi connectivity index (χ1n) is 9.52. The lowest BCUT2D eigenvalue weighted by Gasteiger charge is -2.28. The monoisotopic (exact) mass is 371 g/mol. The average Bonchev–Trinajstić information content (AvgIpc) is 2.71. The molecule has 1 aliphatic rings. The second kappa shape index (κ2) is 9.95. The smallest absolute Gasteiger partial charge is 0.407 e. The van der Waals surface area contributed by atoms with Gasteiger partial charge in [-0.3, -0.25) is 0 Å². The molecule has 4 nitrogen and oxygen atoms in total. The lowest BCUT2D eigenvalue weighted by atomic mass is 9.83. The Morgan fingerprint density at radius 2 is 1.67 bits per heavy atom. The Balaban J connectivity index is 1.29. The highest BCUT2D eigenvalue weighted by Gasteiger charge is 2.22. The lowest BCUT2D eigenvalue weighted by Crippen LogP contribution is -2.28. The van der Waals surface area contributed by atoms with Crippen LogP contribution in [-0.2, 0) is 11.3 Å². The summed E-state index contributed by atoms with van der Waals surface area (Å²) < 4.78 is 24.2. The van der Waals surface area contributed by atoms with E-state index in [0.29, 0.717) is 37.3 Å². The van der Waals surface area contributed by atoms with Crippen molar-refractivity contribution in [2.45, 2.75) is 32.2 Å². The molecule has 0 spiro atoms. The van der Waals surface area contributed by atoms with Gasteiger partial charge in [-0.05, 0) is 55.2 Å². The Labute approximate surface area is 159 Å². The van der Waals surface area contributed by atoms with E-state index < -0.39 is 0 Å². The molecule has 0 aliphatic heterocycles. The van der Waals surface area contributed by atoms with Crippen LogP contribution in [-0.4, -0.2) is 19.3 Å². The minimum atomic E-state index is -0.365. The number of hydrogen-bond donors (Lipinski definition) is 1. The summed E-state index contributed by atoms with van der Waals surface area (Å²) in [6.07, 6.45) is 3.74. The molecule has 0 heterocycles. The van der Waals surface area contributed by atoms with Gasteiger partial charge >= 0.3 is 6.09 Å². The molecular weight excluding hydrogens is 345 g/mol. The molecule has 2 aromatic rings. The van der Waals surface area contributed by atoms with Crippen molar-refractivity contribution in [2.75, 3.05) is 13.2 Å². The van der Waals surface area contributed by atoms with E-state index in [9.17, 15) is 9.18 Å². The fourth-order valence-corrected chi connectivity index (χ4v) is 3.35. The zero-order valence-corrected chi connectivity index (χ0v) is 15.4. The molecule has 0 radical (unpaired) electrons. The second-order valence-corrected chi connectivity index (χ2v) is 7.09. The molecular formula is C22H26FNO3. The SMILES string of the molecule is O=C(NCc1ccccc1)OCC1CCC(COc2cccc(F)c2)CC1. The van der Waals surface area contributed by atoms with Crippen molar-refractivity contribution >= 4 is 6.09 Å². The van der Waals surface area contributed by atoms with E-state index in [1.165, 1.54) is 12.1 Å². The van der Waals surface area contributed by atoms with Gasteiger partial charge in [0.05, 0.1) is 13.2 Å². The third-order valence-electron chi connectivity index (χ3n) is 4.98. The molecule has 0 unspecified atom stereocenters. The van der Waals surface area contributed by atoms with E-state index in [1.807, 2.05) is 30.3 Å². The van der Waals surface area contributed by atoms with Crippen LogP contribution in [0.4, 0.5) is 9.18 Å². The number of carbonyl (C=O) groups is 1. The van der Waals surface area contributed by atoms with E-state index >= 15 is 0 Å². The number of rotatable bonds is 7. The van der Waals surface area contributed by atoms with Gasteiger partial charge in [0.25, 0.3) is 0 Å². The minimum Gasteiger partial charge on any atom is -0.493 e. The fourth-order valence-electron chi connectivity index (χ4n) is 3.35. The highest BCUT2D eigenvalue weighted by Crippen LogP contribution is 2.29. The van der Waals surface area contributed by atoms with Crippen LogP contribution in [0.5, 0.6) is 5.75 Å². The van der Waals surface area contributed by atoms with Gasteiger partial charge in [-0.15, -0.1) is 0 Å². The molecule has 0 saturated heterocycles. The van der Waals surface area contributed by atoms with Gasteiger partial charge in [0, 0.05) is 12.6 Å². The molecule has 2 aromatic carbocycles. The van der Waals surface area contributed by atoms with Gasteiger partial charge in [-0.2, -0.15) is 0 Å². The van der Waals surface area contributed by atoms with E-state index in [4.69, 9.17) is 9.47 Å². The van der Waals surface area contributed by atoms with Crippen LogP contribution in [0, 0.1) is 17.7 Å². The van der Waals surface area contributed by atoms with E-state index in [2.05, 4.69) is 5.32 Å². The highest BCUT2D eigenvalue weighted by atomic mass is 19.1. The Kier molecular flexibility index (Phi) is 7.08. The number of hydrogen-bond acceptors (Lipinski definition) is 3. The molecule has 1 amide bonds. The number of amides is 1. The molecule has 1 saturated carbocycles. The van der Waals surface area contributed by atoms with E-state index in [1.54, 1.807) is 12.1 Å². The molecule has 27 heavy (non-hydrogen) atoms. The number of benzene rings is 2. The summed E-state index contributed by atoms with van der Waals surface area (Å²) in [5.74, 6) is 1.17. The number of carbonyl (C=O) groups excluding carboxylic acids is 1. The number of halogens is 1. The van der Waals surface area contributed by atoms with Crippen molar-refractivity contribution in [3.63, 3.8) is 0 Å². The second-order valence-electron chi connectivity index (χ2n) is 7.09. The van der Waals surface area contributed by atoms with Gasteiger partial charge in [0.2, 0.25) is 0 Å². The predicted molar refractivity (Wildman–Crippen MR) is 102 cm³/mol. The van der Waals surface area contributed by atoms with Gasteiger partial charge in [-0.25, -0.2) is 9.18 Å². The first kappa shape index (κ1) is 19.2. The topological polar surface area (TPSA) is 47.6 Å². The normalized spacial score (nSPS) is 19.3. The molecule has 144 valence electrons. The van der Waals surface area contributed by atoms with Gasteiger partial charge < -0.3 is 14.8 Å². The Hall–Kier alpha value is -2.56. The van der Waals surface area contributed by atoms with Crippen molar-refractivity contribution in [3.05, 3.63) is 66.0 Å². The van der Waals surface area contributed by atoms with Crippen molar-refractivity contribution < 1.29 is 18.7 Å². The summed E-state index contributed by atoms with van der Waals surface area (Å²) in [7, 11) is 0. The highest BCUT2D eigenvalue weighted by molar-refractivity contribution is 5.67. The molecule has 3 rings (SSSR count). The summed E-state index contributed by atoms with van der Waals surface area (Å²) in [4.78, 5) is 11.8. The van der Waals surface area contributed by atoms with Crippen LogP contribution in [0.3, 0.4) is 0 Å². The fraction of sp³-hybridized carbons (Fsp3) is 0.409. The van der Waals surface area contributed by atoms with Crippen LogP contribution in [0.15, 0.2) is 54.6 Å². The molecule has 1 N–H and O–H groups in total. The zero-order chi connectivity index (χ0) is 18.9. The van der Waals surface area contributed by atoms with Crippen LogP contribution < -0.4 is 10.1 Å². The Bertz CT molecular complexity index is 715. The zero-order valence-electron chi connectivity index (χ0n) is 15.4. The van der Waals surface area contributed by atoms with Crippen LogP contribution in [0.25, 0.3) is 0 Å². The van der Waals surface area contributed by atoms with Crippen molar-refractivity contribution in [1.82, 2.24) is 5.32 Å². The maximum absolute atomic E-state index is 13.2. The lowest BCUT2D eigenvalue weighted by molar-refractivity contribution is 0.101. The first-order chi connectivity index (χ1) is 13.2. The van der Waals surface area contributed by atoms with Gasteiger partial charge in [0.15, 0.2) is 0 Å². The molecule has 5 heteroatoms. The van der Waals surface area contributed by atoms with Gasteiger partial charge in [-0.1, -0.05) is 36.4 Å². The van der Waals surface area contributed by atoms with E-state index in [0.717, 1.165) is 31.2 Å². The Morgan fingerprint density at radius 1 is 0.963 bits per heavy atom. The number of ether oxygens (including phenoxy) is 2. The molecule has 0 atom stereocenters. The van der Waals surface area contributed by atoms with Crippen LogP contribution >= 0.6 is 0 Å². The standard InChI is InChI=1S/C22H26FNO3/c23-20-7-4-8-21(13-20)26-15-18-9-11-19(12-10-18)16-27-22(25)24-14-17-5-2-1-3-6-17/h1-8,13,18-19H,9-12,14-16H2,(H,24,25). The maximum atomic E-state index is 13.2. The van der Waals surface area contributed by atoms with Crippen LogP contribution in [0.1, 0.15) is 31.2 Å². The van der Waals surface area contributed by atoms with E-state index in [-0.39, 0.29) is 11.9 Å². The molecule has 1 aliphatic carbocycles. The quantitative estimate of drug-likeness (QED) is 0.750. The van der Waals surface area contributed by atoms with Crippen LogP contribution in [0.2, 0.25) is 0 Å². The molecule has 0 aromatic heterocycles. The first-order valence-corrected chi connectivity index (χ1v) is 9.52. The summed E-state index contributed by atoms with van der Waals surface area (Å²) >= 11 is 0. The Morgan fingerprint density at radius 3 is 2.37 bits per heavy atom.